The number of nitrogens with zero attached hydrogens (tertiary/aromatic N) is 2. The number of rotatable bonds is 3. The van der Waals surface area contributed by atoms with Crippen molar-refractivity contribution in [3.05, 3.63) is 30.0 Å². The van der Waals surface area contributed by atoms with Crippen LogP contribution in [0.3, 0.4) is 0 Å². The highest BCUT2D eigenvalue weighted by Gasteiger charge is 2.48. The lowest BCUT2D eigenvalue weighted by Gasteiger charge is -2.34. The van der Waals surface area contributed by atoms with Crippen molar-refractivity contribution in [2.24, 2.45) is 0 Å². The highest BCUT2D eigenvalue weighted by molar-refractivity contribution is 6.00. The molecule has 2 N–H and O–H groups in total. The Balaban J connectivity index is 1.98. The maximum atomic E-state index is 12.7. The molecule has 0 bridgehead atoms. The third-order valence-electron chi connectivity index (χ3n) is 4.40. The van der Waals surface area contributed by atoms with Gasteiger partial charge in [-0.25, -0.2) is 4.79 Å². The zero-order chi connectivity index (χ0) is 15.0. The van der Waals surface area contributed by atoms with Gasteiger partial charge in [0.15, 0.2) is 0 Å². The molecule has 1 aromatic carbocycles. The van der Waals surface area contributed by atoms with E-state index in [2.05, 4.69) is 10.2 Å². The molecule has 2 aromatic rings. The van der Waals surface area contributed by atoms with Gasteiger partial charge < -0.3 is 10.0 Å². The summed E-state index contributed by atoms with van der Waals surface area (Å²) < 4.78 is 0. The van der Waals surface area contributed by atoms with E-state index in [1.54, 1.807) is 24.4 Å². The Labute approximate surface area is 121 Å². The van der Waals surface area contributed by atoms with E-state index in [-0.39, 0.29) is 5.91 Å². The van der Waals surface area contributed by atoms with E-state index in [1.807, 2.05) is 6.92 Å². The van der Waals surface area contributed by atoms with Gasteiger partial charge in [-0.3, -0.25) is 9.89 Å². The lowest BCUT2D eigenvalue weighted by atomic mass is 9.92. The summed E-state index contributed by atoms with van der Waals surface area (Å²) in [6, 6.07) is 5.26. The van der Waals surface area contributed by atoms with Crippen LogP contribution in [0.4, 0.5) is 0 Å². The molecule has 1 amide bonds. The Hall–Kier alpha value is -2.37. The first-order valence-electron chi connectivity index (χ1n) is 7.07. The molecule has 21 heavy (non-hydrogen) atoms. The highest BCUT2D eigenvalue weighted by Crippen LogP contribution is 2.34. The van der Waals surface area contributed by atoms with Crippen molar-refractivity contribution in [3.8, 4) is 0 Å². The van der Waals surface area contributed by atoms with Crippen LogP contribution in [0.1, 0.15) is 36.5 Å². The van der Waals surface area contributed by atoms with Gasteiger partial charge in [0, 0.05) is 17.5 Å². The van der Waals surface area contributed by atoms with E-state index in [4.69, 9.17) is 0 Å². The van der Waals surface area contributed by atoms with E-state index in [0.717, 1.165) is 17.3 Å². The molecule has 1 unspecified atom stereocenters. The molecule has 0 radical (unpaired) electrons. The predicted molar refractivity (Wildman–Crippen MR) is 77.0 cm³/mol. The van der Waals surface area contributed by atoms with Gasteiger partial charge >= 0.3 is 5.97 Å². The van der Waals surface area contributed by atoms with Gasteiger partial charge in [0.2, 0.25) is 0 Å². The molecule has 0 aliphatic carbocycles. The number of carbonyl (C=O) groups excluding carboxylic acids is 1. The molecule has 2 heterocycles. The zero-order valence-corrected chi connectivity index (χ0v) is 11.8. The Kier molecular flexibility index (Phi) is 3.16. The summed E-state index contributed by atoms with van der Waals surface area (Å²) in [4.78, 5) is 25.9. The zero-order valence-electron chi connectivity index (χ0n) is 11.8. The first-order chi connectivity index (χ1) is 10.1. The van der Waals surface area contributed by atoms with Crippen LogP contribution in [0.25, 0.3) is 10.9 Å². The number of fused-ring (bicyclic) bond motifs is 1. The number of benzene rings is 1. The summed E-state index contributed by atoms with van der Waals surface area (Å²) >= 11 is 0. The molecule has 110 valence electrons. The molecule has 0 saturated carbocycles. The van der Waals surface area contributed by atoms with Gasteiger partial charge in [0.05, 0.1) is 11.7 Å². The normalized spacial score (nSPS) is 21.9. The molecule has 1 saturated heterocycles. The van der Waals surface area contributed by atoms with Crippen LogP contribution in [0.2, 0.25) is 0 Å². The maximum absolute atomic E-state index is 12.7. The summed E-state index contributed by atoms with van der Waals surface area (Å²) in [6.45, 7) is 2.31. The minimum Gasteiger partial charge on any atom is -0.479 e. The monoisotopic (exact) mass is 287 g/mol. The number of aliphatic carboxylic acids is 1. The molecule has 6 heteroatoms. The van der Waals surface area contributed by atoms with Crippen molar-refractivity contribution in [1.82, 2.24) is 15.1 Å². The SMILES string of the molecule is CCC1(C(=O)O)CCCN1C(=O)c1ccc2[nH]ncc2c1. The third kappa shape index (κ3) is 1.98. The van der Waals surface area contributed by atoms with Crippen LogP contribution < -0.4 is 0 Å². The third-order valence-corrected chi connectivity index (χ3v) is 4.40. The van der Waals surface area contributed by atoms with Crippen molar-refractivity contribution >= 4 is 22.8 Å². The number of amides is 1. The molecule has 0 spiro atoms. The predicted octanol–water partition coefficient (Wildman–Crippen LogP) is 2.03. The van der Waals surface area contributed by atoms with Crippen molar-refractivity contribution in [2.45, 2.75) is 31.7 Å². The first-order valence-corrected chi connectivity index (χ1v) is 7.07. The topological polar surface area (TPSA) is 86.3 Å². The van der Waals surface area contributed by atoms with E-state index in [0.29, 0.717) is 24.9 Å². The Morgan fingerprint density at radius 2 is 2.29 bits per heavy atom. The number of hydrogen-bond acceptors (Lipinski definition) is 3. The van der Waals surface area contributed by atoms with Crippen molar-refractivity contribution < 1.29 is 14.7 Å². The van der Waals surface area contributed by atoms with Gasteiger partial charge in [0.25, 0.3) is 5.91 Å². The van der Waals surface area contributed by atoms with Gasteiger partial charge in [-0.1, -0.05) is 6.92 Å². The number of carboxylic acid groups (broad SMARTS) is 1. The number of carboxylic acids is 1. The largest absolute Gasteiger partial charge is 0.479 e. The number of aromatic nitrogens is 2. The average molecular weight is 287 g/mol. The fraction of sp³-hybridized carbons (Fsp3) is 0.400. The number of likely N-dealkylation sites (tertiary alicyclic amines) is 1. The van der Waals surface area contributed by atoms with Crippen LogP contribution in [0, 0.1) is 0 Å². The second kappa shape index (κ2) is 4.87. The Bertz CT molecular complexity index is 709. The summed E-state index contributed by atoms with van der Waals surface area (Å²) in [6.07, 6.45) is 3.31. The minimum atomic E-state index is -1.07. The number of H-pyrrole nitrogens is 1. The first kappa shape index (κ1) is 13.6. The van der Waals surface area contributed by atoms with Crippen LogP contribution >= 0.6 is 0 Å². The van der Waals surface area contributed by atoms with Crippen LogP contribution in [0.5, 0.6) is 0 Å². The van der Waals surface area contributed by atoms with Crippen molar-refractivity contribution in [1.29, 1.82) is 0 Å². The molecule has 1 atom stereocenters. The maximum Gasteiger partial charge on any atom is 0.329 e. The molecular weight excluding hydrogens is 270 g/mol. The standard InChI is InChI=1S/C15H17N3O3/c1-2-15(14(20)21)6-3-7-18(15)13(19)10-4-5-12-11(8-10)9-16-17-12/h4-5,8-9H,2-3,6-7H2,1H3,(H,16,17)(H,20,21). The molecule has 1 aliphatic rings. The van der Waals surface area contributed by atoms with E-state index in [9.17, 15) is 14.7 Å². The second-order valence-electron chi connectivity index (χ2n) is 5.42. The van der Waals surface area contributed by atoms with Gasteiger partial charge in [-0.2, -0.15) is 5.10 Å². The number of carbonyl (C=O) groups is 2. The van der Waals surface area contributed by atoms with Crippen LogP contribution in [0.15, 0.2) is 24.4 Å². The quantitative estimate of drug-likeness (QED) is 0.904. The van der Waals surface area contributed by atoms with Crippen molar-refractivity contribution in [3.63, 3.8) is 0 Å². The fourth-order valence-corrected chi connectivity index (χ4v) is 3.15. The number of nitrogens with one attached hydrogen (secondary N) is 1. The minimum absolute atomic E-state index is 0.222. The van der Waals surface area contributed by atoms with Crippen LogP contribution in [-0.4, -0.2) is 44.2 Å². The highest BCUT2D eigenvalue weighted by atomic mass is 16.4. The molecule has 1 fully saturated rings. The lowest BCUT2D eigenvalue weighted by molar-refractivity contribution is -0.148. The Morgan fingerprint density at radius 3 is 3.00 bits per heavy atom. The smallest absolute Gasteiger partial charge is 0.329 e. The van der Waals surface area contributed by atoms with E-state index in [1.165, 1.54) is 4.90 Å². The number of aromatic amines is 1. The summed E-state index contributed by atoms with van der Waals surface area (Å²) in [7, 11) is 0. The summed E-state index contributed by atoms with van der Waals surface area (Å²) in [5, 5.41) is 17.2. The summed E-state index contributed by atoms with van der Waals surface area (Å²) in [5.74, 6) is -1.14. The molecule has 1 aliphatic heterocycles. The fourth-order valence-electron chi connectivity index (χ4n) is 3.15. The molecule has 6 nitrogen and oxygen atoms in total. The number of hydrogen-bond donors (Lipinski definition) is 2. The Morgan fingerprint density at radius 1 is 1.48 bits per heavy atom. The molecule has 1 aromatic heterocycles. The van der Waals surface area contributed by atoms with Crippen molar-refractivity contribution in [2.75, 3.05) is 6.54 Å². The summed E-state index contributed by atoms with van der Waals surface area (Å²) in [5.41, 5.74) is 0.292. The van der Waals surface area contributed by atoms with E-state index >= 15 is 0 Å². The van der Waals surface area contributed by atoms with E-state index < -0.39 is 11.5 Å². The second-order valence-corrected chi connectivity index (χ2v) is 5.42. The lowest BCUT2D eigenvalue weighted by Crippen LogP contribution is -2.52. The van der Waals surface area contributed by atoms with Crippen LogP contribution in [-0.2, 0) is 4.79 Å². The molecular formula is C15H17N3O3. The average Bonchev–Trinajstić information content (AvgIpc) is 3.12. The van der Waals surface area contributed by atoms with Gasteiger partial charge in [-0.15, -0.1) is 0 Å². The molecule has 3 rings (SSSR count). The van der Waals surface area contributed by atoms with Gasteiger partial charge in [0.1, 0.15) is 5.54 Å². The van der Waals surface area contributed by atoms with Gasteiger partial charge in [-0.05, 0) is 37.5 Å².